The number of hydrogen-bond acceptors (Lipinski definition) is 3. The zero-order chi connectivity index (χ0) is 14.7. The molecule has 0 aromatic heterocycles. The number of carbonyl (C=O) groups excluding carboxylic acids is 1. The number of amides is 1. The highest BCUT2D eigenvalue weighted by Gasteiger charge is 2.25. The molecule has 0 radical (unpaired) electrons. The zero-order valence-corrected chi connectivity index (χ0v) is 13.7. The van der Waals surface area contributed by atoms with Gasteiger partial charge < -0.3 is 9.64 Å². The Balaban J connectivity index is 1.50. The molecule has 114 valence electrons. The summed E-state index contributed by atoms with van der Waals surface area (Å²) in [5.41, 5.74) is 0.769. The van der Waals surface area contributed by atoms with Crippen molar-refractivity contribution < 1.29 is 9.53 Å². The number of carbonyl (C=O) groups is 1. The van der Waals surface area contributed by atoms with Crippen LogP contribution < -0.4 is 0 Å². The van der Waals surface area contributed by atoms with E-state index in [1.807, 2.05) is 29.2 Å². The largest absolute Gasteiger partial charge is 0.377 e. The van der Waals surface area contributed by atoms with E-state index in [9.17, 15) is 4.79 Å². The van der Waals surface area contributed by atoms with E-state index in [1.54, 1.807) is 0 Å². The summed E-state index contributed by atoms with van der Waals surface area (Å²) in [5.74, 6) is 0.138. The molecule has 4 nitrogen and oxygen atoms in total. The van der Waals surface area contributed by atoms with E-state index in [4.69, 9.17) is 4.74 Å². The van der Waals surface area contributed by atoms with Crippen LogP contribution in [0.25, 0.3) is 0 Å². The van der Waals surface area contributed by atoms with E-state index in [2.05, 4.69) is 20.8 Å². The fourth-order valence-electron chi connectivity index (χ4n) is 2.98. The fraction of sp³-hybridized carbons (Fsp3) is 0.562. The molecule has 0 saturated carbocycles. The van der Waals surface area contributed by atoms with Gasteiger partial charge >= 0.3 is 0 Å². The lowest BCUT2D eigenvalue weighted by molar-refractivity contribution is 0.0433. The molecule has 2 aliphatic rings. The van der Waals surface area contributed by atoms with Gasteiger partial charge in [0.15, 0.2) is 0 Å². The van der Waals surface area contributed by atoms with Crippen LogP contribution in [0, 0.1) is 0 Å². The van der Waals surface area contributed by atoms with Crippen LogP contribution in [-0.4, -0.2) is 61.1 Å². The van der Waals surface area contributed by atoms with Gasteiger partial charge in [0.25, 0.3) is 5.91 Å². The first kappa shape index (κ1) is 15.0. The van der Waals surface area contributed by atoms with Crippen LogP contribution in [0.5, 0.6) is 0 Å². The number of piperazine rings is 1. The van der Waals surface area contributed by atoms with Gasteiger partial charge in [-0.2, -0.15) is 0 Å². The summed E-state index contributed by atoms with van der Waals surface area (Å²) in [7, 11) is 0. The molecule has 2 saturated heterocycles. The van der Waals surface area contributed by atoms with Gasteiger partial charge in [-0.25, -0.2) is 0 Å². The quantitative estimate of drug-likeness (QED) is 0.837. The fourth-order valence-corrected chi connectivity index (χ4v) is 3.25. The monoisotopic (exact) mass is 352 g/mol. The third-order valence-electron chi connectivity index (χ3n) is 4.24. The lowest BCUT2D eigenvalue weighted by Gasteiger charge is -2.35. The lowest BCUT2D eigenvalue weighted by Crippen LogP contribution is -2.50. The molecule has 0 spiro atoms. The summed E-state index contributed by atoms with van der Waals surface area (Å²) >= 11 is 3.40. The zero-order valence-electron chi connectivity index (χ0n) is 12.1. The van der Waals surface area contributed by atoms with Gasteiger partial charge in [-0.1, -0.05) is 15.9 Å². The number of halogens is 1. The SMILES string of the molecule is O=C(c1ccc(Br)cc1)N1CCN(CC2CCCO2)CC1. The number of rotatable bonds is 3. The number of benzene rings is 1. The third-order valence-corrected chi connectivity index (χ3v) is 4.77. The van der Waals surface area contributed by atoms with Crippen molar-refractivity contribution in [3.05, 3.63) is 34.3 Å². The molecule has 5 heteroatoms. The van der Waals surface area contributed by atoms with Crippen molar-refractivity contribution in [2.45, 2.75) is 18.9 Å². The van der Waals surface area contributed by atoms with Crippen molar-refractivity contribution in [1.29, 1.82) is 0 Å². The van der Waals surface area contributed by atoms with Gasteiger partial charge in [0, 0.05) is 49.4 Å². The molecule has 0 N–H and O–H groups in total. The summed E-state index contributed by atoms with van der Waals surface area (Å²) < 4.78 is 6.68. The molecule has 2 heterocycles. The summed E-state index contributed by atoms with van der Waals surface area (Å²) in [6, 6.07) is 7.60. The molecule has 0 bridgehead atoms. The first-order valence-corrected chi connectivity index (χ1v) is 8.40. The van der Waals surface area contributed by atoms with Crippen LogP contribution in [0.1, 0.15) is 23.2 Å². The number of nitrogens with zero attached hydrogens (tertiary/aromatic N) is 2. The van der Waals surface area contributed by atoms with E-state index in [0.29, 0.717) is 6.10 Å². The first-order valence-electron chi connectivity index (χ1n) is 7.61. The van der Waals surface area contributed by atoms with E-state index < -0.39 is 0 Å². The van der Waals surface area contributed by atoms with Gasteiger partial charge in [0.1, 0.15) is 0 Å². The predicted octanol–water partition coefficient (Wildman–Crippen LogP) is 2.39. The van der Waals surface area contributed by atoms with E-state index in [0.717, 1.165) is 49.4 Å². The van der Waals surface area contributed by atoms with Gasteiger partial charge in [0.2, 0.25) is 0 Å². The highest BCUT2D eigenvalue weighted by Crippen LogP contribution is 2.16. The molecule has 21 heavy (non-hydrogen) atoms. The second-order valence-electron chi connectivity index (χ2n) is 5.73. The van der Waals surface area contributed by atoms with E-state index in [-0.39, 0.29) is 5.91 Å². The van der Waals surface area contributed by atoms with Crippen LogP contribution in [-0.2, 0) is 4.74 Å². The normalized spacial score (nSPS) is 23.5. The molecule has 2 fully saturated rings. The second kappa shape index (κ2) is 6.90. The van der Waals surface area contributed by atoms with Crippen molar-refractivity contribution in [1.82, 2.24) is 9.80 Å². The van der Waals surface area contributed by atoms with Crippen molar-refractivity contribution in [3.63, 3.8) is 0 Å². The Hall–Kier alpha value is -0.910. The standard InChI is InChI=1S/C16H21BrN2O2/c17-14-5-3-13(4-6-14)16(20)19-9-7-18(8-10-19)12-15-2-1-11-21-15/h3-6,15H,1-2,7-12H2. The maximum Gasteiger partial charge on any atom is 0.253 e. The lowest BCUT2D eigenvalue weighted by atomic mass is 10.1. The van der Waals surface area contributed by atoms with Gasteiger partial charge in [-0.05, 0) is 37.1 Å². The molecule has 1 aromatic carbocycles. The van der Waals surface area contributed by atoms with Crippen LogP contribution in [0.2, 0.25) is 0 Å². The Morgan fingerprint density at radius 2 is 1.90 bits per heavy atom. The summed E-state index contributed by atoms with van der Waals surface area (Å²) in [5, 5.41) is 0. The molecule has 1 aromatic rings. The minimum absolute atomic E-state index is 0.138. The Labute approximate surface area is 134 Å². The maximum atomic E-state index is 12.4. The van der Waals surface area contributed by atoms with Crippen LogP contribution >= 0.6 is 15.9 Å². The van der Waals surface area contributed by atoms with Crippen molar-refractivity contribution in [2.24, 2.45) is 0 Å². The Bertz CT molecular complexity index is 478. The van der Waals surface area contributed by atoms with Crippen molar-refractivity contribution in [3.8, 4) is 0 Å². The Morgan fingerprint density at radius 3 is 2.52 bits per heavy atom. The molecule has 3 rings (SSSR count). The van der Waals surface area contributed by atoms with E-state index in [1.165, 1.54) is 12.8 Å². The average molecular weight is 353 g/mol. The minimum atomic E-state index is 0.138. The summed E-state index contributed by atoms with van der Waals surface area (Å²) in [6.07, 6.45) is 2.77. The Kier molecular flexibility index (Phi) is 4.93. The van der Waals surface area contributed by atoms with Gasteiger partial charge in [-0.3, -0.25) is 9.69 Å². The molecule has 1 atom stereocenters. The number of hydrogen-bond donors (Lipinski definition) is 0. The Morgan fingerprint density at radius 1 is 1.19 bits per heavy atom. The van der Waals surface area contributed by atoms with Crippen LogP contribution in [0.4, 0.5) is 0 Å². The molecule has 2 aliphatic heterocycles. The molecule has 1 amide bonds. The second-order valence-corrected chi connectivity index (χ2v) is 6.65. The van der Waals surface area contributed by atoms with Crippen molar-refractivity contribution in [2.75, 3.05) is 39.3 Å². The smallest absolute Gasteiger partial charge is 0.253 e. The van der Waals surface area contributed by atoms with E-state index >= 15 is 0 Å². The molecule has 1 unspecified atom stereocenters. The summed E-state index contributed by atoms with van der Waals surface area (Å²) in [6.45, 7) is 5.43. The molecular weight excluding hydrogens is 332 g/mol. The molecular formula is C16H21BrN2O2. The van der Waals surface area contributed by atoms with Gasteiger partial charge in [-0.15, -0.1) is 0 Å². The topological polar surface area (TPSA) is 32.8 Å². The summed E-state index contributed by atoms with van der Waals surface area (Å²) in [4.78, 5) is 16.8. The highest BCUT2D eigenvalue weighted by atomic mass is 79.9. The highest BCUT2D eigenvalue weighted by molar-refractivity contribution is 9.10. The van der Waals surface area contributed by atoms with Crippen molar-refractivity contribution >= 4 is 21.8 Å². The predicted molar refractivity (Wildman–Crippen MR) is 85.5 cm³/mol. The van der Waals surface area contributed by atoms with Gasteiger partial charge in [0.05, 0.1) is 6.10 Å². The molecule has 0 aliphatic carbocycles. The average Bonchev–Trinajstić information content (AvgIpc) is 3.01. The third kappa shape index (κ3) is 3.84. The van der Waals surface area contributed by atoms with Crippen LogP contribution in [0.3, 0.4) is 0 Å². The minimum Gasteiger partial charge on any atom is -0.377 e. The first-order chi connectivity index (χ1) is 10.2. The maximum absolute atomic E-state index is 12.4. The number of ether oxygens (including phenoxy) is 1. The van der Waals surface area contributed by atoms with Crippen LogP contribution in [0.15, 0.2) is 28.7 Å².